The van der Waals surface area contributed by atoms with E-state index in [-0.39, 0.29) is 11.8 Å². The molecule has 2 aliphatic rings. The highest BCUT2D eigenvalue weighted by Gasteiger charge is 2.45. The lowest BCUT2D eigenvalue weighted by Crippen LogP contribution is -2.36. The number of nitrogens with zero attached hydrogens (tertiary/aromatic N) is 3. The minimum absolute atomic E-state index is 0.198. The van der Waals surface area contributed by atoms with Gasteiger partial charge in [0.15, 0.2) is 5.84 Å². The number of aliphatic imine (C=N–C) groups is 1. The molecule has 2 amide bonds. The number of carbonyl (C=O) groups excluding carboxylic acids is 2. The average Bonchev–Trinajstić information content (AvgIpc) is 2.97. The molecule has 2 aliphatic heterocycles. The van der Waals surface area contributed by atoms with Gasteiger partial charge < -0.3 is 0 Å². The van der Waals surface area contributed by atoms with Gasteiger partial charge >= 0.3 is 0 Å². The third kappa shape index (κ3) is 1.88. The van der Waals surface area contributed by atoms with E-state index in [1.165, 1.54) is 16.7 Å². The van der Waals surface area contributed by atoms with Crippen molar-refractivity contribution in [3.63, 3.8) is 0 Å². The summed E-state index contributed by atoms with van der Waals surface area (Å²) in [7, 11) is 0. The Labute approximate surface area is 131 Å². The van der Waals surface area contributed by atoms with Crippen LogP contribution >= 0.6 is 11.8 Å². The van der Waals surface area contributed by atoms with E-state index in [1.54, 1.807) is 13.0 Å². The van der Waals surface area contributed by atoms with E-state index in [0.717, 1.165) is 9.92 Å². The van der Waals surface area contributed by atoms with Crippen LogP contribution in [0.5, 0.6) is 0 Å². The van der Waals surface area contributed by atoms with Gasteiger partial charge in [-0.05, 0) is 31.2 Å². The second kappa shape index (κ2) is 4.78. The Morgan fingerprint density at radius 2 is 1.86 bits per heavy atom. The highest BCUT2D eigenvalue weighted by molar-refractivity contribution is 7.99. The molecule has 4 rings (SSSR count). The van der Waals surface area contributed by atoms with Crippen molar-refractivity contribution >= 4 is 29.4 Å². The number of rotatable bonds is 2. The van der Waals surface area contributed by atoms with Crippen molar-refractivity contribution in [3.05, 3.63) is 53.7 Å². The summed E-state index contributed by atoms with van der Waals surface area (Å²) in [5.74, 6) is -0.110. The van der Waals surface area contributed by atoms with Crippen LogP contribution < -0.4 is 0 Å². The Morgan fingerprint density at radius 1 is 1.09 bits per heavy atom. The molecule has 108 valence electrons. The van der Waals surface area contributed by atoms with Gasteiger partial charge in [-0.25, -0.2) is 4.98 Å². The summed E-state index contributed by atoms with van der Waals surface area (Å²) in [6.07, 6.45) is 0. The predicted molar refractivity (Wildman–Crippen MR) is 82.0 cm³/mol. The van der Waals surface area contributed by atoms with Crippen molar-refractivity contribution in [1.29, 1.82) is 0 Å². The van der Waals surface area contributed by atoms with Gasteiger partial charge in [0.1, 0.15) is 16.8 Å². The van der Waals surface area contributed by atoms with Crippen LogP contribution in [0.2, 0.25) is 0 Å². The lowest BCUT2D eigenvalue weighted by Gasteiger charge is -2.13. The summed E-state index contributed by atoms with van der Waals surface area (Å²) in [6.45, 7) is 1.68. The molecule has 0 N–H and O–H groups in total. The number of amidine groups is 1. The minimum Gasteiger partial charge on any atom is -0.278 e. The van der Waals surface area contributed by atoms with Gasteiger partial charge in [-0.2, -0.15) is 4.99 Å². The zero-order chi connectivity index (χ0) is 15.3. The Kier molecular flexibility index (Phi) is 2.87. The molecule has 0 radical (unpaired) electrons. The summed E-state index contributed by atoms with van der Waals surface area (Å²) in [5.41, 5.74) is 1.01. The number of carbonyl (C=O) groups is 2. The third-order valence-electron chi connectivity index (χ3n) is 3.69. The maximum Gasteiger partial charge on any atom is 0.270 e. The summed E-state index contributed by atoms with van der Waals surface area (Å²) >= 11 is 1.51. The minimum atomic E-state index is -0.540. The summed E-state index contributed by atoms with van der Waals surface area (Å²) in [4.78, 5) is 35.1. The van der Waals surface area contributed by atoms with Crippen LogP contribution in [0.4, 0.5) is 0 Å². The summed E-state index contributed by atoms with van der Waals surface area (Å²) < 4.78 is 0. The van der Waals surface area contributed by atoms with Gasteiger partial charge in [-0.3, -0.25) is 14.5 Å². The summed E-state index contributed by atoms with van der Waals surface area (Å²) in [5, 5.41) is 0.773. The fourth-order valence-electron chi connectivity index (χ4n) is 2.56. The quantitative estimate of drug-likeness (QED) is 0.854. The van der Waals surface area contributed by atoms with E-state index in [4.69, 9.17) is 0 Å². The lowest BCUT2D eigenvalue weighted by molar-refractivity contribution is -0.119. The number of benzene rings is 1. The monoisotopic (exact) mass is 309 g/mol. The Hall–Kier alpha value is -2.47. The van der Waals surface area contributed by atoms with Crippen LogP contribution in [0, 0.1) is 0 Å². The largest absolute Gasteiger partial charge is 0.278 e. The molecule has 5 nitrogen and oxygen atoms in total. The fourth-order valence-corrected chi connectivity index (χ4v) is 3.37. The zero-order valence-electron chi connectivity index (χ0n) is 11.7. The second-order valence-electron chi connectivity index (χ2n) is 5.09. The number of hydrogen-bond acceptors (Lipinski definition) is 4. The number of hydrogen-bond donors (Lipinski definition) is 0. The molecule has 0 spiro atoms. The Bertz CT molecular complexity index is 833. The molecule has 1 atom stereocenters. The molecule has 22 heavy (non-hydrogen) atoms. The van der Waals surface area contributed by atoms with Crippen LogP contribution in [-0.4, -0.2) is 33.6 Å². The van der Waals surface area contributed by atoms with E-state index < -0.39 is 6.04 Å². The first-order valence-corrected chi connectivity index (χ1v) is 7.67. The van der Waals surface area contributed by atoms with E-state index in [2.05, 4.69) is 9.98 Å². The normalized spacial score (nSPS) is 19.2. The first kappa shape index (κ1) is 13.2. The molecule has 0 saturated carbocycles. The zero-order valence-corrected chi connectivity index (χ0v) is 12.5. The molecular formula is C16H11N3O2S. The number of fused-ring (bicyclic) bond motifs is 3. The third-order valence-corrected chi connectivity index (χ3v) is 4.63. The Morgan fingerprint density at radius 3 is 2.64 bits per heavy atom. The smallest absolute Gasteiger partial charge is 0.270 e. The predicted octanol–water partition coefficient (Wildman–Crippen LogP) is 2.36. The first-order valence-electron chi connectivity index (χ1n) is 6.85. The molecular weight excluding hydrogens is 298 g/mol. The van der Waals surface area contributed by atoms with Crippen molar-refractivity contribution in [2.75, 3.05) is 0 Å². The molecule has 1 aromatic heterocycles. The van der Waals surface area contributed by atoms with Gasteiger partial charge in [0.2, 0.25) is 0 Å². The maximum absolute atomic E-state index is 12.3. The van der Waals surface area contributed by atoms with Crippen molar-refractivity contribution in [2.24, 2.45) is 4.99 Å². The molecule has 0 saturated heterocycles. The SMILES string of the molecule is CC1C(=O)N=C2c3nc(Sc4ccccc4)ccc3C(=O)N21. The fraction of sp³-hybridized carbons (Fsp3) is 0.125. The van der Waals surface area contributed by atoms with Crippen molar-refractivity contribution in [3.8, 4) is 0 Å². The van der Waals surface area contributed by atoms with Gasteiger partial charge in [-0.15, -0.1) is 0 Å². The van der Waals surface area contributed by atoms with Crippen LogP contribution in [0.15, 0.2) is 57.4 Å². The van der Waals surface area contributed by atoms with E-state index in [9.17, 15) is 9.59 Å². The van der Waals surface area contributed by atoms with Gasteiger partial charge in [0, 0.05) is 4.90 Å². The lowest BCUT2D eigenvalue weighted by atomic mass is 10.2. The molecule has 0 bridgehead atoms. The first-order chi connectivity index (χ1) is 10.6. The molecule has 0 aliphatic carbocycles. The Balaban J connectivity index is 1.74. The molecule has 1 aromatic carbocycles. The van der Waals surface area contributed by atoms with Gasteiger partial charge in [-0.1, -0.05) is 30.0 Å². The van der Waals surface area contributed by atoms with Gasteiger partial charge in [0.25, 0.3) is 11.8 Å². The molecule has 1 unspecified atom stereocenters. The number of aromatic nitrogens is 1. The molecule has 3 heterocycles. The summed E-state index contributed by atoms with van der Waals surface area (Å²) in [6, 6.07) is 12.9. The second-order valence-corrected chi connectivity index (χ2v) is 6.18. The topological polar surface area (TPSA) is 62.6 Å². The van der Waals surface area contributed by atoms with Crippen molar-refractivity contribution < 1.29 is 9.59 Å². The van der Waals surface area contributed by atoms with Gasteiger partial charge in [0.05, 0.1) is 5.56 Å². The number of pyridine rings is 1. The molecule has 2 aromatic rings. The van der Waals surface area contributed by atoms with E-state index in [0.29, 0.717) is 17.1 Å². The molecule has 0 fully saturated rings. The highest BCUT2D eigenvalue weighted by atomic mass is 32.2. The number of amides is 2. The standard InChI is InChI=1S/C16H11N3O2S/c1-9-15(20)18-14-13-11(16(21)19(9)14)7-8-12(17-13)22-10-5-3-2-4-6-10/h2-9H,1H3. The van der Waals surface area contributed by atoms with Crippen molar-refractivity contribution in [2.45, 2.75) is 22.9 Å². The molecule has 6 heteroatoms. The van der Waals surface area contributed by atoms with E-state index in [1.807, 2.05) is 36.4 Å². The van der Waals surface area contributed by atoms with Crippen LogP contribution in [0.25, 0.3) is 0 Å². The maximum atomic E-state index is 12.3. The van der Waals surface area contributed by atoms with Crippen LogP contribution in [0.3, 0.4) is 0 Å². The van der Waals surface area contributed by atoms with Crippen molar-refractivity contribution in [1.82, 2.24) is 9.88 Å². The van der Waals surface area contributed by atoms with Crippen LogP contribution in [-0.2, 0) is 4.79 Å². The average molecular weight is 309 g/mol. The van der Waals surface area contributed by atoms with E-state index >= 15 is 0 Å². The highest BCUT2D eigenvalue weighted by Crippen LogP contribution is 2.32. The van der Waals surface area contributed by atoms with Crippen LogP contribution in [0.1, 0.15) is 23.0 Å².